The number of methoxy groups -OCH3 is 1. The van der Waals surface area contributed by atoms with Gasteiger partial charge in [-0.25, -0.2) is 4.68 Å². The third-order valence-electron chi connectivity index (χ3n) is 14.9. The monoisotopic (exact) mass is 966 g/mol. The van der Waals surface area contributed by atoms with Gasteiger partial charge in [-0.2, -0.15) is 0 Å². The van der Waals surface area contributed by atoms with Gasteiger partial charge < -0.3 is 63.8 Å². The van der Waals surface area contributed by atoms with Gasteiger partial charge in [0.1, 0.15) is 30.0 Å². The number of aliphatic hydroxyl groups is 5. The summed E-state index contributed by atoms with van der Waals surface area (Å²) in [7, 11) is 5.31. The molecule has 0 saturated carbocycles. The van der Waals surface area contributed by atoms with Gasteiger partial charge in [0.15, 0.2) is 12.6 Å². The van der Waals surface area contributed by atoms with E-state index in [4.69, 9.17) is 28.4 Å². The molecule has 1 aromatic carbocycles. The van der Waals surface area contributed by atoms with Crippen molar-refractivity contribution in [1.29, 1.82) is 0 Å². The summed E-state index contributed by atoms with van der Waals surface area (Å²) in [6, 6.07) is 7.42. The number of ether oxygens (including phenoxy) is 6. The Kier molecular flexibility index (Phi) is 19.3. The van der Waals surface area contributed by atoms with E-state index in [0.717, 1.165) is 11.3 Å². The van der Waals surface area contributed by atoms with Crippen molar-refractivity contribution in [3.8, 4) is 0 Å². The third kappa shape index (κ3) is 13.4. The van der Waals surface area contributed by atoms with E-state index < -0.39 is 102 Å². The molecule has 0 spiro atoms. The molecule has 5 rings (SSSR count). The number of carbonyl (C=O) groups is 1. The molecule has 0 aliphatic carbocycles. The molecule has 17 nitrogen and oxygen atoms in total. The SMILES string of the molecule is CC[C@H]1OC(=O)[C@H](C)[C@@H](O[C@H]2C[C@@](C)(OC)[C@@H](O)[C@H](C)O2)[C@H](C)[C@@H](O[C@@H]2O[C@H](C)C[C@H](N(C)CCc3cn(Cc4ccc(SC)cc4)nn3)[C@H]2O)[C@](C)(O)C[C@@H](C)CN(C)[C@H](C)[C@@H](O)[C@]1(C)O. The molecule has 3 fully saturated rings. The molecule has 0 unspecified atom stereocenters. The molecule has 382 valence electrons. The first kappa shape index (κ1) is 55.6. The maximum absolute atomic E-state index is 14.5. The minimum atomic E-state index is -1.83. The summed E-state index contributed by atoms with van der Waals surface area (Å²) in [6.07, 6.45) is -4.26. The highest BCUT2D eigenvalue weighted by Crippen LogP contribution is 2.40. The Hall–Kier alpha value is -2.30. The number of rotatable bonds is 13. The zero-order valence-electron chi connectivity index (χ0n) is 42.4. The van der Waals surface area contributed by atoms with Crippen LogP contribution < -0.4 is 0 Å². The van der Waals surface area contributed by atoms with Gasteiger partial charge >= 0.3 is 5.97 Å². The Balaban J connectivity index is 1.45. The van der Waals surface area contributed by atoms with Gasteiger partial charge in [-0.3, -0.25) is 4.79 Å². The molecule has 67 heavy (non-hydrogen) atoms. The minimum Gasteiger partial charge on any atom is -0.459 e. The first-order valence-corrected chi connectivity index (χ1v) is 25.4. The van der Waals surface area contributed by atoms with Crippen LogP contribution in [0.3, 0.4) is 0 Å². The van der Waals surface area contributed by atoms with Crippen LogP contribution in [0.5, 0.6) is 0 Å². The lowest BCUT2D eigenvalue weighted by molar-refractivity contribution is -0.318. The second kappa shape index (κ2) is 23.3. The minimum absolute atomic E-state index is 0.111. The Labute approximate surface area is 403 Å². The van der Waals surface area contributed by atoms with Crippen LogP contribution in [0.4, 0.5) is 0 Å². The third-order valence-corrected chi connectivity index (χ3v) is 15.7. The van der Waals surface area contributed by atoms with Crippen LogP contribution in [0, 0.1) is 17.8 Å². The normalized spacial score (nSPS) is 41.1. The molecule has 0 bridgehead atoms. The summed E-state index contributed by atoms with van der Waals surface area (Å²) >= 11 is 1.70. The van der Waals surface area contributed by atoms with Crippen LogP contribution in [0.2, 0.25) is 0 Å². The number of hydrogen-bond acceptors (Lipinski definition) is 17. The van der Waals surface area contributed by atoms with Gasteiger partial charge in [0.2, 0.25) is 0 Å². The van der Waals surface area contributed by atoms with Crippen molar-refractivity contribution in [2.75, 3.05) is 40.6 Å². The zero-order valence-corrected chi connectivity index (χ0v) is 43.3. The predicted octanol–water partition coefficient (Wildman–Crippen LogP) is 3.88. The van der Waals surface area contributed by atoms with Crippen molar-refractivity contribution in [2.24, 2.45) is 17.8 Å². The average molecular weight is 966 g/mol. The molecule has 5 N–H and O–H groups in total. The van der Waals surface area contributed by atoms with Gasteiger partial charge in [0.05, 0.1) is 53.8 Å². The van der Waals surface area contributed by atoms with Crippen molar-refractivity contribution < 1.29 is 58.7 Å². The Bertz CT molecular complexity index is 1860. The fourth-order valence-corrected chi connectivity index (χ4v) is 11.0. The maximum Gasteiger partial charge on any atom is 0.311 e. The molecule has 4 heterocycles. The van der Waals surface area contributed by atoms with E-state index in [9.17, 15) is 30.3 Å². The van der Waals surface area contributed by atoms with Crippen molar-refractivity contribution in [3.63, 3.8) is 0 Å². The zero-order chi connectivity index (χ0) is 49.8. The lowest BCUT2D eigenvalue weighted by atomic mass is 9.77. The van der Waals surface area contributed by atoms with Crippen LogP contribution in [0.15, 0.2) is 35.4 Å². The molecule has 3 saturated heterocycles. The molecule has 2 aromatic rings. The highest BCUT2D eigenvalue weighted by atomic mass is 32.2. The molecule has 3 aliphatic rings. The van der Waals surface area contributed by atoms with E-state index >= 15 is 0 Å². The van der Waals surface area contributed by atoms with Crippen LogP contribution in [0.25, 0.3) is 0 Å². The second-order valence-electron chi connectivity index (χ2n) is 20.7. The molecular weight excluding hydrogens is 883 g/mol. The first-order valence-electron chi connectivity index (χ1n) is 24.1. The molecule has 0 radical (unpaired) electrons. The van der Waals surface area contributed by atoms with Crippen LogP contribution >= 0.6 is 11.8 Å². The van der Waals surface area contributed by atoms with Crippen molar-refractivity contribution >= 4 is 17.7 Å². The summed E-state index contributed by atoms with van der Waals surface area (Å²) in [5.41, 5.74) is -2.54. The fraction of sp³-hybridized carbons (Fsp3) is 0.816. The van der Waals surface area contributed by atoms with E-state index in [1.807, 2.05) is 50.6 Å². The van der Waals surface area contributed by atoms with Gasteiger partial charge in [0.25, 0.3) is 0 Å². The maximum atomic E-state index is 14.5. The second-order valence-corrected chi connectivity index (χ2v) is 21.6. The van der Waals surface area contributed by atoms with Crippen molar-refractivity contribution in [2.45, 2.75) is 203 Å². The Morgan fingerprint density at radius 1 is 0.970 bits per heavy atom. The van der Waals surface area contributed by atoms with E-state index in [0.29, 0.717) is 32.5 Å². The topological polar surface area (TPSA) is 211 Å². The number of thioether (sulfide) groups is 1. The van der Waals surface area contributed by atoms with Gasteiger partial charge in [-0.1, -0.05) is 38.1 Å². The van der Waals surface area contributed by atoms with Crippen LogP contribution in [0.1, 0.15) is 106 Å². The van der Waals surface area contributed by atoms with E-state index in [-0.39, 0.29) is 31.3 Å². The summed E-state index contributed by atoms with van der Waals surface area (Å²) in [5.74, 6) is -2.73. The standard InChI is InChI=1S/C49H83N5O12S/c1-15-38-49(10,60)42(56)32(6)53(12)25-28(2)23-47(8,59)44(30(4)41(31(5)45(58)64-38)65-39-24-48(9,61-13)43(57)33(7)63-39)66-46-40(55)37(22-29(3)62-46)52(11)21-20-35-27-54(51-50-35)26-34-16-18-36(67-14)19-17-34/h16-19,27-33,37-44,46,55-57,59-60H,15,20-26H2,1-14H3/t28-,29-,30+,31-,32-,33+,37+,38-,39+,40-,41+,42-,43+,44-,46+,47-,48-,49-/m1/s1. The number of likely N-dealkylation sites (N-methyl/N-ethyl adjacent to an activating group) is 2. The molecule has 18 atom stereocenters. The predicted molar refractivity (Wildman–Crippen MR) is 254 cm³/mol. The van der Waals surface area contributed by atoms with E-state index in [1.54, 1.807) is 53.3 Å². The number of esters is 1. The Morgan fingerprint density at radius 3 is 2.27 bits per heavy atom. The first-order chi connectivity index (χ1) is 31.3. The number of nitrogens with zero attached hydrogens (tertiary/aromatic N) is 5. The number of hydrogen-bond donors (Lipinski definition) is 5. The van der Waals surface area contributed by atoms with Gasteiger partial charge in [0, 0.05) is 62.1 Å². The fourth-order valence-electron chi connectivity index (χ4n) is 10.6. The van der Waals surface area contributed by atoms with Crippen LogP contribution in [-0.4, -0.2) is 187 Å². The number of carbonyl (C=O) groups excluding carboxylic acids is 1. The molecule has 18 heteroatoms. The number of benzene rings is 1. The largest absolute Gasteiger partial charge is 0.459 e. The Morgan fingerprint density at radius 2 is 1.64 bits per heavy atom. The lowest BCUT2D eigenvalue weighted by Crippen LogP contribution is -2.61. The highest BCUT2D eigenvalue weighted by Gasteiger charge is 2.53. The summed E-state index contributed by atoms with van der Waals surface area (Å²) in [5, 5.41) is 68.4. The summed E-state index contributed by atoms with van der Waals surface area (Å²) in [4.78, 5) is 19.7. The van der Waals surface area contributed by atoms with Crippen molar-refractivity contribution in [3.05, 3.63) is 41.7 Å². The van der Waals surface area contributed by atoms with E-state index in [2.05, 4.69) is 45.7 Å². The lowest BCUT2D eigenvalue weighted by Gasteiger charge is -2.49. The summed E-state index contributed by atoms with van der Waals surface area (Å²) < 4.78 is 40.1. The van der Waals surface area contributed by atoms with Crippen molar-refractivity contribution in [1.82, 2.24) is 24.8 Å². The average Bonchev–Trinajstić information content (AvgIpc) is 3.73. The molecule has 0 amide bonds. The molecular formula is C49H83N5O12S. The van der Waals surface area contributed by atoms with Gasteiger partial charge in [-0.05, 0) is 112 Å². The van der Waals surface area contributed by atoms with Crippen LogP contribution in [-0.2, 0) is 46.2 Å². The smallest absolute Gasteiger partial charge is 0.311 e. The molecule has 1 aromatic heterocycles. The number of aromatic nitrogens is 3. The summed E-state index contributed by atoms with van der Waals surface area (Å²) in [6.45, 7) is 19.2. The number of aliphatic hydroxyl groups excluding tert-OH is 3. The number of cyclic esters (lactones) is 1. The highest BCUT2D eigenvalue weighted by molar-refractivity contribution is 7.98. The quantitative estimate of drug-likeness (QED) is 0.143. The molecule has 3 aliphatic heterocycles. The van der Waals surface area contributed by atoms with Gasteiger partial charge in [-0.15, -0.1) is 16.9 Å². The van der Waals surface area contributed by atoms with E-state index in [1.165, 1.54) is 18.9 Å².